The molecule has 6 heteroatoms. The second-order valence-corrected chi connectivity index (χ2v) is 3.72. The van der Waals surface area contributed by atoms with Crippen molar-refractivity contribution >= 4 is 11.7 Å². The highest BCUT2D eigenvalue weighted by atomic mass is 16.5. The van der Waals surface area contributed by atoms with Gasteiger partial charge in [-0.15, -0.1) is 0 Å². The standard InChI is InChI=1S/C12H17N3O3/c1-18-10-4-2-3-9(7-10)8-12(16)14-6-5-11(13)15-17/h2-4,7,17H,5-6,8H2,1H3,(H2,13,15)(H,14,16). The lowest BCUT2D eigenvalue weighted by Crippen LogP contribution is -2.29. The first-order chi connectivity index (χ1) is 8.65. The monoisotopic (exact) mass is 251 g/mol. The van der Waals surface area contributed by atoms with Crippen LogP contribution in [0.15, 0.2) is 29.4 Å². The summed E-state index contributed by atoms with van der Waals surface area (Å²) in [6, 6.07) is 7.31. The maximum Gasteiger partial charge on any atom is 0.224 e. The topological polar surface area (TPSA) is 96.9 Å². The molecule has 4 N–H and O–H groups in total. The van der Waals surface area contributed by atoms with Crippen LogP contribution in [0.4, 0.5) is 0 Å². The molecule has 0 aromatic heterocycles. The van der Waals surface area contributed by atoms with Gasteiger partial charge in [0.1, 0.15) is 11.6 Å². The molecule has 0 fully saturated rings. The first kappa shape index (κ1) is 13.8. The number of hydrogen-bond donors (Lipinski definition) is 3. The van der Waals surface area contributed by atoms with E-state index in [1.807, 2.05) is 24.3 Å². The summed E-state index contributed by atoms with van der Waals surface area (Å²) >= 11 is 0. The van der Waals surface area contributed by atoms with Crippen molar-refractivity contribution in [1.82, 2.24) is 5.32 Å². The molecule has 98 valence electrons. The quantitative estimate of drug-likeness (QED) is 0.297. The predicted molar refractivity (Wildman–Crippen MR) is 67.7 cm³/mol. The Morgan fingerprint density at radius 3 is 3.00 bits per heavy atom. The molecule has 1 amide bonds. The second kappa shape index (κ2) is 7.16. The highest BCUT2D eigenvalue weighted by molar-refractivity contribution is 5.82. The maximum atomic E-state index is 11.6. The molecule has 1 rings (SSSR count). The SMILES string of the molecule is COc1cccc(CC(=O)NCCC(N)=NO)c1. The number of nitrogens with one attached hydrogen (secondary N) is 1. The predicted octanol–water partition coefficient (Wildman–Crippen LogP) is 0.490. The molecule has 0 saturated carbocycles. The zero-order valence-corrected chi connectivity index (χ0v) is 10.2. The van der Waals surface area contributed by atoms with Crippen LogP contribution in [0, 0.1) is 0 Å². The Kier molecular flexibility index (Phi) is 5.50. The maximum absolute atomic E-state index is 11.6. The van der Waals surface area contributed by atoms with E-state index in [0.29, 0.717) is 13.0 Å². The van der Waals surface area contributed by atoms with Gasteiger partial charge in [-0.2, -0.15) is 0 Å². The van der Waals surface area contributed by atoms with Crippen LogP contribution in [-0.4, -0.2) is 30.6 Å². The zero-order valence-electron chi connectivity index (χ0n) is 10.2. The van der Waals surface area contributed by atoms with E-state index in [4.69, 9.17) is 15.7 Å². The van der Waals surface area contributed by atoms with Crippen molar-refractivity contribution in [3.05, 3.63) is 29.8 Å². The number of methoxy groups -OCH3 is 1. The van der Waals surface area contributed by atoms with Crippen LogP contribution in [0.5, 0.6) is 5.75 Å². The minimum absolute atomic E-state index is 0.0941. The summed E-state index contributed by atoms with van der Waals surface area (Å²) in [5.41, 5.74) is 6.15. The van der Waals surface area contributed by atoms with Crippen LogP contribution < -0.4 is 15.8 Å². The largest absolute Gasteiger partial charge is 0.497 e. The lowest BCUT2D eigenvalue weighted by atomic mass is 10.1. The Hall–Kier alpha value is -2.24. The Morgan fingerprint density at radius 1 is 1.56 bits per heavy atom. The Labute approximate surface area is 105 Å². The van der Waals surface area contributed by atoms with E-state index in [-0.39, 0.29) is 18.2 Å². The molecular formula is C12H17N3O3. The summed E-state index contributed by atoms with van der Waals surface area (Å²) in [6.07, 6.45) is 0.591. The van der Waals surface area contributed by atoms with E-state index < -0.39 is 0 Å². The summed E-state index contributed by atoms with van der Waals surface area (Å²) in [7, 11) is 1.58. The third-order valence-corrected chi connectivity index (χ3v) is 2.33. The molecule has 0 atom stereocenters. The molecule has 0 aliphatic rings. The van der Waals surface area contributed by atoms with Crippen LogP contribution >= 0.6 is 0 Å². The van der Waals surface area contributed by atoms with Gasteiger partial charge in [0.2, 0.25) is 5.91 Å². The number of amidine groups is 1. The minimum Gasteiger partial charge on any atom is -0.497 e. The van der Waals surface area contributed by atoms with Crippen LogP contribution in [0.1, 0.15) is 12.0 Å². The van der Waals surface area contributed by atoms with Gasteiger partial charge < -0.3 is 21.0 Å². The van der Waals surface area contributed by atoms with Crippen LogP contribution in [0.3, 0.4) is 0 Å². The van der Waals surface area contributed by atoms with Crippen molar-refractivity contribution in [1.29, 1.82) is 0 Å². The number of benzene rings is 1. The summed E-state index contributed by atoms with van der Waals surface area (Å²) in [6.45, 7) is 0.346. The van der Waals surface area contributed by atoms with Gasteiger partial charge in [-0.3, -0.25) is 4.79 Å². The molecule has 0 radical (unpaired) electrons. The Balaban J connectivity index is 2.39. The van der Waals surface area contributed by atoms with Gasteiger partial charge in [-0.1, -0.05) is 17.3 Å². The van der Waals surface area contributed by atoms with E-state index in [1.54, 1.807) is 7.11 Å². The average Bonchev–Trinajstić information content (AvgIpc) is 2.38. The van der Waals surface area contributed by atoms with Crippen LogP contribution in [0.25, 0.3) is 0 Å². The van der Waals surface area contributed by atoms with E-state index in [9.17, 15) is 4.79 Å². The molecule has 0 aliphatic heterocycles. The Morgan fingerprint density at radius 2 is 2.33 bits per heavy atom. The molecule has 6 nitrogen and oxygen atoms in total. The summed E-state index contributed by atoms with van der Waals surface area (Å²) < 4.78 is 5.07. The number of nitrogens with zero attached hydrogens (tertiary/aromatic N) is 1. The third-order valence-electron chi connectivity index (χ3n) is 2.33. The normalized spacial score (nSPS) is 11.1. The van der Waals surface area contributed by atoms with Crippen molar-refractivity contribution in [2.24, 2.45) is 10.9 Å². The van der Waals surface area contributed by atoms with Crippen molar-refractivity contribution in [3.63, 3.8) is 0 Å². The fourth-order valence-electron chi connectivity index (χ4n) is 1.41. The lowest BCUT2D eigenvalue weighted by Gasteiger charge is -2.06. The lowest BCUT2D eigenvalue weighted by molar-refractivity contribution is -0.120. The number of hydrogen-bond acceptors (Lipinski definition) is 4. The van der Waals surface area contributed by atoms with Crippen LogP contribution in [-0.2, 0) is 11.2 Å². The van der Waals surface area contributed by atoms with E-state index >= 15 is 0 Å². The molecule has 0 saturated heterocycles. The average molecular weight is 251 g/mol. The molecule has 0 bridgehead atoms. The van der Waals surface area contributed by atoms with E-state index in [2.05, 4.69) is 10.5 Å². The summed E-state index contributed by atoms with van der Waals surface area (Å²) in [5, 5.41) is 13.8. The molecule has 0 unspecified atom stereocenters. The minimum atomic E-state index is -0.117. The van der Waals surface area contributed by atoms with Gasteiger partial charge in [0.05, 0.1) is 13.5 Å². The zero-order chi connectivity index (χ0) is 13.4. The summed E-state index contributed by atoms with van der Waals surface area (Å²) in [4.78, 5) is 11.6. The fraction of sp³-hybridized carbons (Fsp3) is 0.333. The van der Waals surface area contributed by atoms with Gasteiger partial charge in [-0.05, 0) is 17.7 Å². The number of nitrogens with two attached hydrogens (primary N) is 1. The van der Waals surface area contributed by atoms with Crippen LogP contribution in [0.2, 0.25) is 0 Å². The molecule has 1 aromatic rings. The number of rotatable bonds is 6. The van der Waals surface area contributed by atoms with Gasteiger partial charge >= 0.3 is 0 Å². The Bertz CT molecular complexity index is 432. The smallest absolute Gasteiger partial charge is 0.224 e. The molecule has 0 heterocycles. The number of ether oxygens (including phenoxy) is 1. The van der Waals surface area contributed by atoms with Crippen molar-refractivity contribution < 1.29 is 14.7 Å². The van der Waals surface area contributed by atoms with E-state index in [1.165, 1.54) is 0 Å². The number of carbonyl (C=O) groups is 1. The number of oxime groups is 1. The van der Waals surface area contributed by atoms with Crippen molar-refractivity contribution in [2.45, 2.75) is 12.8 Å². The molecule has 18 heavy (non-hydrogen) atoms. The third kappa shape index (κ3) is 4.73. The molecule has 1 aromatic carbocycles. The molecule has 0 aliphatic carbocycles. The highest BCUT2D eigenvalue weighted by Gasteiger charge is 2.04. The van der Waals surface area contributed by atoms with E-state index in [0.717, 1.165) is 11.3 Å². The van der Waals surface area contributed by atoms with Gasteiger partial charge in [0, 0.05) is 13.0 Å². The number of amides is 1. The number of carbonyl (C=O) groups excluding carboxylic acids is 1. The summed E-state index contributed by atoms with van der Waals surface area (Å²) in [5.74, 6) is 0.697. The van der Waals surface area contributed by atoms with Gasteiger partial charge in [-0.25, -0.2) is 0 Å². The highest BCUT2D eigenvalue weighted by Crippen LogP contribution is 2.12. The van der Waals surface area contributed by atoms with Gasteiger partial charge in [0.15, 0.2) is 0 Å². The second-order valence-electron chi connectivity index (χ2n) is 3.72. The first-order valence-electron chi connectivity index (χ1n) is 5.51. The first-order valence-corrected chi connectivity index (χ1v) is 5.51. The van der Waals surface area contributed by atoms with Crippen molar-refractivity contribution in [2.75, 3.05) is 13.7 Å². The molecule has 0 spiro atoms. The fourth-order valence-corrected chi connectivity index (χ4v) is 1.41. The molecular weight excluding hydrogens is 234 g/mol. The van der Waals surface area contributed by atoms with Crippen molar-refractivity contribution in [3.8, 4) is 5.75 Å². The van der Waals surface area contributed by atoms with Gasteiger partial charge in [0.25, 0.3) is 0 Å².